The van der Waals surface area contributed by atoms with Crippen molar-refractivity contribution in [1.82, 2.24) is 0 Å². The number of rotatable bonds is 3. The first kappa shape index (κ1) is 10.3. The summed E-state index contributed by atoms with van der Waals surface area (Å²) in [4.78, 5) is 2.14. The highest BCUT2D eigenvalue weighted by atomic mass is 79.9. The van der Waals surface area contributed by atoms with Crippen molar-refractivity contribution in [1.29, 1.82) is 0 Å². The molecular weight excluding hydrogens is 254 g/mol. The van der Waals surface area contributed by atoms with Crippen LogP contribution in [0.2, 0.25) is 0 Å². The fourth-order valence-electron chi connectivity index (χ4n) is 1.44. The number of anilines is 1. The molecule has 0 fully saturated rings. The van der Waals surface area contributed by atoms with E-state index in [0.717, 1.165) is 17.0 Å². The Morgan fingerprint density at radius 1 is 1.13 bits per heavy atom. The number of para-hydroxylation sites is 1. The van der Waals surface area contributed by atoms with E-state index in [9.17, 15) is 0 Å². The molecule has 0 spiro atoms. The van der Waals surface area contributed by atoms with Gasteiger partial charge in [-0.3, -0.25) is 0 Å². The van der Waals surface area contributed by atoms with E-state index in [-0.39, 0.29) is 0 Å². The van der Waals surface area contributed by atoms with Crippen LogP contribution in [0.5, 0.6) is 0 Å². The van der Waals surface area contributed by atoms with E-state index in [4.69, 9.17) is 4.42 Å². The number of halogens is 1. The Balaban J connectivity index is 2.07. The van der Waals surface area contributed by atoms with Crippen LogP contribution in [0.4, 0.5) is 5.69 Å². The lowest BCUT2D eigenvalue weighted by Gasteiger charge is -2.17. The highest BCUT2D eigenvalue weighted by Gasteiger charge is 2.04. The van der Waals surface area contributed by atoms with Crippen LogP contribution in [-0.4, -0.2) is 7.05 Å². The maximum Gasteiger partial charge on any atom is 0.169 e. The van der Waals surface area contributed by atoms with Gasteiger partial charge in [0, 0.05) is 12.7 Å². The second-order valence-corrected chi connectivity index (χ2v) is 4.18. The van der Waals surface area contributed by atoms with Crippen LogP contribution in [0, 0.1) is 0 Å². The first-order chi connectivity index (χ1) is 7.25. The number of nitrogens with zero attached hydrogens (tertiary/aromatic N) is 1. The van der Waals surface area contributed by atoms with Gasteiger partial charge in [0.2, 0.25) is 0 Å². The molecule has 0 saturated carbocycles. The fourth-order valence-corrected chi connectivity index (χ4v) is 1.78. The van der Waals surface area contributed by atoms with E-state index in [1.807, 2.05) is 37.4 Å². The Kier molecular flexibility index (Phi) is 3.11. The van der Waals surface area contributed by atoms with Crippen molar-refractivity contribution in [3.63, 3.8) is 0 Å². The van der Waals surface area contributed by atoms with Crippen LogP contribution in [0.25, 0.3) is 0 Å². The third kappa shape index (κ3) is 2.63. The van der Waals surface area contributed by atoms with Crippen molar-refractivity contribution in [2.75, 3.05) is 11.9 Å². The molecule has 78 valence electrons. The van der Waals surface area contributed by atoms with Gasteiger partial charge in [0.05, 0.1) is 6.54 Å². The van der Waals surface area contributed by atoms with Crippen LogP contribution in [0.15, 0.2) is 51.6 Å². The number of hydrogen-bond acceptors (Lipinski definition) is 2. The predicted octanol–water partition coefficient (Wildman–Crippen LogP) is 3.68. The molecule has 0 saturated heterocycles. The van der Waals surface area contributed by atoms with E-state index >= 15 is 0 Å². The SMILES string of the molecule is CN(Cc1ccc(Br)o1)c1ccccc1. The maximum atomic E-state index is 5.45. The summed E-state index contributed by atoms with van der Waals surface area (Å²) in [5, 5.41) is 0. The van der Waals surface area contributed by atoms with Gasteiger partial charge in [-0.1, -0.05) is 18.2 Å². The third-order valence-electron chi connectivity index (χ3n) is 2.22. The molecule has 0 atom stereocenters. The van der Waals surface area contributed by atoms with E-state index < -0.39 is 0 Å². The Labute approximate surface area is 97.6 Å². The molecular formula is C12H12BrNO. The Morgan fingerprint density at radius 2 is 1.87 bits per heavy atom. The van der Waals surface area contributed by atoms with Gasteiger partial charge < -0.3 is 9.32 Å². The molecule has 0 aliphatic heterocycles. The predicted molar refractivity (Wildman–Crippen MR) is 65.0 cm³/mol. The standard InChI is InChI=1S/C12H12BrNO/c1-14(10-5-3-2-4-6-10)9-11-7-8-12(13)15-11/h2-8H,9H2,1H3. The maximum absolute atomic E-state index is 5.45. The van der Waals surface area contributed by atoms with E-state index in [1.165, 1.54) is 5.69 Å². The quantitative estimate of drug-likeness (QED) is 0.842. The fraction of sp³-hybridized carbons (Fsp3) is 0.167. The van der Waals surface area contributed by atoms with Crippen molar-refractivity contribution in [3.05, 3.63) is 52.9 Å². The van der Waals surface area contributed by atoms with Crippen LogP contribution in [0.1, 0.15) is 5.76 Å². The molecule has 2 aromatic rings. The molecule has 2 nitrogen and oxygen atoms in total. The van der Waals surface area contributed by atoms with Gasteiger partial charge in [-0.25, -0.2) is 0 Å². The van der Waals surface area contributed by atoms with E-state index in [2.05, 4.69) is 33.0 Å². The first-order valence-electron chi connectivity index (χ1n) is 4.76. The molecule has 0 aliphatic rings. The molecule has 0 amide bonds. The molecule has 1 aromatic heterocycles. The minimum absolute atomic E-state index is 0.773. The summed E-state index contributed by atoms with van der Waals surface area (Å²) < 4.78 is 6.23. The van der Waals surface area contributed by atoms with Gasteiger partial charge in [-0.15, -0.1) is 0 Å². The van der Waals surface area contributed by atoms with Gasteiger partial charge in [0.15, 0.2) is 4.67 Å². The van der Waals surface area contributed by atoms with Crippen molar-refractivity contribution >= 4 is 21.6 Å². The smallest absolute Gasteiger partial charge is 0.169 e. The molecule has 0 N–H and O–H groups in total. The topological polar surface area (TPSA) is 16.4 Å². The van der Waals surface area contributed by atoms with Gasteiger partial charge >= 0.3 is 0 Å². The Morgan fingerprint density at radius 3 is 2.47 bits per heavy atom. The second-order valence-electron chi connectivity index (χ2n) is 3.40. The first-order valence-corrected chi connectivity index (χ1v) is 5.55. The van der Waals surface area contributed by atoms with Crippen molar-refractivity contribution in [2.45, 2.75) is 6.54 Å². The molecule has 0 aliphatic carbocycles. The van der Waals surface area contributed by atoms with Crippen LogP contribution in [0.3, 0.4) is 0 Å². The van der Waals surface area contributed by atoms with Crippen LogP contribution in [-0.2, 0) is 6.54 Å². The van der Waals surface area contributed by atoms with Gasteiger partial charge in [0.1, 0.15) is 5.76 Å². The molecule has 2 rings (SSSR count). The lowest BCUT2D eigenvalue weighted by molar-refractivity contribution is 0.486. The normalized spacial score (nSPS) is 10.3. The van der Waals surface area contributed by atoms with Gasteiger partial charge in [-0.05, 0) is 40.2 Å². The number of hydrogen-bond donors (Lipinski definition) is 0. The highest BCUT2D eigenvalue weighted by Crippen LogP contribution is 2.18. The van der Waals surface area contributed by atoms with Crippen LogP contribution < -0.4 is 4.90 Å². The van der Waals surface area contributed by atoms with Crippen molar-refractivity contribution < 1.29 is 4.42 Å². The van der Waals surface area contributed by atoms with Gasteiger partial charge in [0.25, 0.3) is 0 Å². The van der Waals surface area contributed by atoms with E-state index in [1.54, 1.807) is 0 Å². The minimum Gasteiger partial charge on any atom is -0.452 e. The molecule has 3 heteroatoms. The zero-order valence-electron chi connectivity index (χ0n) is 8.48. The lowest BCUT2D eigenvalue weighted by Crippen LogP contribution is -2.15. The molecule has 0 unspecified atom stereocenters. The third-order valence-corrected chi connectivity index (χ3v) is 2.65. The average molecular weight is 266 g/mol. The van der Waals surface area contributed by atoms with Crippen molar-refractivity contribution in [3.8, 4) is 0 Å². The Bertz CT molecular complexity index is 424. The summed E-state index contributed by atoms with van der Waals surface area (Å²) in [6, 6.07) is 14.1. The molecule has 1 heterocycles. The summed E-state index contributed by atoms with van der Waals surface area (Å²) in [6.45, 7) is 0.773. The van der Waals surface area contributed by atoms with Gasteiger partial charge in [-0.2, -0.15) is 0 Å². The lowest BCUT2D eigenvalue weighted by atomic mass is 10.3. The average Bonchev–Trinajstić information content (AvgIpc) is 2.65. The largest absolute Gasteiger partial charge is 0.452 e. The molecule has 1 aromatic carbocycles. The zero-order chi connectivity index (χ0) is 10.7. The molecule has 15 heavy (non-hydrogen) atoms. The monoisotopic (exact) mass is 265 g/mol. The summed E-state index contributed by atoms with van der Waals surface area (Å²) in [6.07, 6.45) is 0. The minimum atomic E-state index is 0.773. The second kappa shape index (κ2) is 4.53. The summed E-state index contributed by atoms with van der Waals surface area (Å²) in [5.41, 5.74) is 1.19. The Hall–Kier alpha value is -1.22. The number of furan rings is 1. The van der Waals surface area contributed by atoms with Crippen molar-refractivity contribution in [2.24, 2.45) is 0 Å². The summed E-state index contributed by atoms with van der Waals surface area (Å²) in [7, 11) is 2.05. The molecule has 0 radical (unpaired) electrons. The zero-order valence-corrected chi connectivity index (χ0v) is 10.1. The molecule has 0 bridgehead atoms. The number of benzene rings is 1. The summed E-state index contributed by atoms with van der Waals surface area (Å²) >= 11 is 3.29. The van der Waals surface area contributed by atoms with Crippen LogP contribution >= 0.6 is 15.9 Å². The highest BCUT2D eigenvalue weighted by molar-refractivity contribution is 9.10. The summed E-state index contributed by atoms with van der Waals surface area (Å²) in [5.74, 6) is 0.952. The van der Waals surface area contributed by atoms with E-state index in [0.29, 0.717) is 0 Å².